The number of pyridine rings is 1. The van der Waals surface area contributed by atoms with Crippen molar-refractivity contribution in [3.8, 4) is 0 Å². The van der Waals surface area contributed by atoms with Gasteiger partial charge in [-0.15, -0.1) is 4.57 Å². The van der Waals surface area contributed by atoms with E-state index in [-0.39, 0.29) is 50.6 Å². The highest BCUT2D eigenvalue weighted by atomic mass is 16.6. The number of anilines is 2. The summed E-state index contributed by atoms with van der Waals surface area (Å²) in [5.41, 5.74) is 3.64. The highest BCUT2D eigenvalue weighted by molar-refractivity contribution is 6.00. The molecule has 2 fully saturated rings. The standard InChI is InChI=1S/C51H65N9O12/c1-32(2)45(48(68)59-26-13-18-40(59)49(69)70)57-47(67)39(29-43(63)64)55-46(66)38(54-42(62)28-34-20-22-35(23-21-34)53-50(71)56-37-16-7-6-14-33(37)3)17-8-10-24-52-41(61)19-5-4-12-27-60-30-36-15-9-11-25-58(36)51(60)72-44(65)31-60/h6-7,9,11,14-16,20-23,25,32,38-40,45,51H,4-5,8,10,12-13,17-19,24,26-31H2,1-3H3,(H6-2,52,53,54,55,56,57,61,62,63,64,66,67,69,70,71)/p+2/t38-,39-,40-,45-,51?,60-/m0/s1. The van der Waals surface area contributed by atoms with Crippen LogP contribution >= 0.6 is 0 Å². The molecule has 8 N–H and O–H groups in total. The monoisotopic (exact) mass is 997 g/mol. The molecule has 0 radical (unpaired) electrons. The van der Waals surface area contributed by atoms with Gasteiger partial charge in [0, 0.05) is 43.0 Å². The number of hydrogen-bond acceptors (Lipinski definition) is 10. The van der Waals surface area contributed by atoms with Gasteiger partial charge in [-0.3, -0.25) is 28.8 Å². The maximum Gasteiger partial charge on any atom is 0.448 e. The number of esters is 1. The summed E-state index contributed by atoms with van der Waals surface area (Å²) < 4.78 is 8.20. The summed E-state index contributed by atoms with van der Waals surface area (Å²) in [6.07, 6.45) is 4.50. The Kier molecular flexibility index (Phi) is 18.8. The fourth-order valence-electron chi connectivity index (χ4n) is 9.46. The minimum atomic E-state index is -1.68. The van der Waals surface area contributed by atoms with E-state index in [1.807, 2.05) is 48.0 Å². The first-order valence-electron chi connectivity index (χ1n) is 24.6. The molecule has 0 spiro atoms. The third-order valence-corrected chi connectivity index (χ3v) is 13.3. The van der Waals surface area contributed by atoms with Gasteiger partial charge in [0.1, 0.15) is 24.2 Å². The van der Waals surface area contributed by atoms with Crippen molar-refractivity contribution in [2.45, 2.75) is 128 Å². The Balaban J connectivity index is 1.02. The molecule has 6 atom stereocenters. The van der Waals surface area contributed by atoms with Crippen LogP contribution < -0.4 is 36.5 Å². The lowest BCUT2D eigenvalue weighted by molar-refractivity contribution is -1.06. The first kappa shape index (κ1) is 53.9. The number of carbonyl (C=O) groups is 9. The van der Waals surface area contributed by atoms with Crippen LogP contribution in [0.25, 0.3) is 0 Å². The molecular weight excluding hydrogens is 931 g/mol. The number of nitrogens with zero attached hydrogens (tertiary/aromatic N) is 3. The number of rotatable bonds is 25. The number of likely N-dealkylation sites (tertiary alicyclic amines) is 1. The molecule has 2 saturated heterocycles. The number of aryl methyl sites for hydroxylation is 1. The van der Waals surface area contributed by atoms with Gasteiger partial charge in [0.05, 0.1) is 19.4 Å². The molecule has 6 rings (SSSR count). The summed E-state index contributed by atoms with van der Waals surface area (Å²) in [6, 6.07) is 14.0. The van der Waals surface area contributed by atoms with Crippen LogP contribution in [0.2, 0.25) is 0 Å². The number of ether oxygens (including phenoxy) is 1. The normalized spacial score (nSPS) is 18.9. The molecule has 0 bridgehead atoms. The van der Waals surface area contributed by atoms with Gasteiger partial charge in [0.15, 0.2) is 19.3 Å². The number of benzene rings is 2. The highest BCUT2D eigenvalue weighted by Crippen LogP contribution is 2.35. The van der Waals surface area contributed by atoms with Crippen molar-refractivity contribution >= 4 is 64.8 Å². The number of aromatic nitrogens is 1. The molecule has 21 heteroatoms. The summed E-state index contributed by atoms with van der Waals surface area (Å²) in [5.74, 6) is -6.56. The molecule has 2 aromatic carbocycles. The second-order valence-electron chi connectivity index (χ2n) is 19.1. The summed E-state index contributed by atoms with van der Waals surface area (Å²) in [7, 11) is 0. The van der Waals surface area contributed by atoms with E-state index in [0.29, 0.717) is 66.6 Å². The van der Waals surface area contributed by atoms with Crippen molar-refractivity contribution < 1.29 is 67.2 Å². The number of fused-ring (bicyclic) bond motifs is 3. The third kappa shape index (κ3) is 14.6. The van der Waals surface area contributed by atoms with Crippen molar-refractivity contribution in [2.24, 2.45) is 5.92 Å². The number of hydrogen-bond donors (Lipinski definition) is 8. The predicted octanol–water partition coefficient (Wildman–Crippen LogP) is 3.02. The minimum Gasteiger partial charge on any atom is -0.481 e. The van der Waals surface area contributed by atoms with Gasteiger partial charge in [-0.2, -0.15) is 0 Å². The molecular formula is C51H67N9O12+2. The van der Waals surface area contributed by atoms with Gasteiger partial charge < -0.3 is 51.8 Å². The van der Waals surface area contributed by atoms with Crippen molar-refractivity contribution in [2.75, 3.05) is 36.8 Å². The van der Waals surface area contributed by atoms with Gasteiger partial charge in [-0.05, 0) is 99.6 Å². The molecule has 72 heavy (non-hydrogen) atoms. The smallest absolute Gasteiger partial charge is 0.448 e. The fraction of sp³-hybridized carbons (Fsp3) is 0.490. The topological polar surface area (TPSA) is 283 Å². The number of amides is 7. The number of carbonyl (C=O) groups excluding carboxylic acids is 7. The van der Waals surface area contributed by atoms with Crippen LogP contribution in [0.15, 0.2) is 72.9 Å². The van der Waals surface area contributed by atoms with Crippen molar-refractivity contribution in [3.05, 3.63) is 89.7 Å². The summed E-state index contributed by atoms with van der Waals surface area (Å²) >= 11 is 0. The second-order valence-corrected chi connectivity index (χ2v) is 19.1. The predicted molar refractivity (Wildman–Crippen MR) is 260 cm³/mol. The molecule has 0 aliphatic carbocycles. The van der Waals surface area contributed by atoms with Gasteiger partial charge in [0.2, 0.25) is 35.2 Å². The van der Waals surface area contributed by atoms with E-state index < -0.39 is 78.1 Å². The van der Waals surface area contributed by atoms with E-state index in [2.05, 4.69) is 31.9 Å². The number of aliphatic carboxylic acids is 2. The molecule has 3 aliphatic heterocycles. The van der Waals surface area contributed by atoms with Crippen LogP contribution in [0.5, 0.6) is 0 Å². The van der Waals surface area contributed by atoms with Gasteiger partial charge in [0.25, 0.3) is 0 Å². The quantitative estimate of drug-likeness (QED) is 0.0263. The Morgan fingerprint density at radius 3 is 2.26 bits per heavy atom. The largest absolute Gasteiger partial charge is 0.481 e. The van der Waals surface area contributed by atoms with Crippen LogP contribution in [0.3, 0.4) is 0 Å². The summed E-state index contributed by atoms with van der Waals surface area (Å²) in [5, 5.41) is 35.6. The van der Waals surface area contributed by atoms with Crippen LogP contribution in [0.4, 0.5) is 16.2 Å². The second kappa shape index (κ2) is 25.1. The molecule has 7 amide bonds. The first-order chi connectivity index (χ1) is 34.4. The zero-order valence-electron chi connectivity index (χ0n) is 41.0. The lowest BCUT2D eigenvalue weighted by Gasteiger charge is -2.30. The summed E-state index contributed by atoms with van der Waals surface area (Å²) in [4.78, 5) is 118. The minimum absolute atomic E-state index is 0.0434. The van der Waals surface area contributed by atoms with E-state index in [9.17, 15) is 53.4 Å². The van der Waals surface area contributed by atoms with Crippen LogP contribution in [0.1, 0.15) is 101 Å². The van der Waals surface area contributed by atoms with Gasteiger partial charge in [-0.1, -0.05) is 44.2 Å². The summed E-state index contributed by atoms with van der Waals surface area (Å²) in [6.45, 7) is 7.32. The van der Waals surface area contributed by atoms with Crippen molar-refractivity contribution in [1.29, 1.82) is 0 Å². The SMILES string of the molecule is Cc1ccccc1NC(=O)Nc1ccc(CC(=O)N[C@@H](CCCCNC(=O)CCCCC[N@+]23CC(=O)OC2[n+]2ccccc2C3)C(=O)N[C@@H](CC(=O)O)C(=O)N[C@H](C(=O)N2CCC[C@H]2C(=O)O)C(C)C)cc1. The highest BCUT2D eigenvalue weighted by Gasteiger charge is 2.60. The van der Waals surface area contributed by atoms with Crippen molar-refractivity contribution in [3.63, 3.8) is 0 Å². The average molecular weight is 998 g/mol. The zero-order valence-corrected chi connectivity index (χ0v) is 41.0. The van der Waals surface area contributed by atoms with Crippen molar-refractivity contribution in [1.82, 2.24) is 26.2 Å². The number of nitrogens with one attached hydrogen (secondary N) is 6. The molecule has 21 nitrogen and oxygen atoms in total. The van der Waals surface area contributed by atoms with E-state index in [1.54, 1.807) is 50.2 Å². The van der Waals surface area contributed by atoms with E-state index >= 15 is 0 Å². The van der Waals surface area contributed by atoms with Gasteiger partial charge in [-0.25, -0.2) is 18.9 Å². The number of para-hydroxylation sites is 1. The van der Waals surface area contributed by atoms with E-state index in [4.69, 9.17) is 4.74 Å². The third-order valence-electron chi connectivity index (χ3n) is 13.3. The van der Waals surface area contributed by atoms with Crippen LogP contribution in [-0.4, -0.2) is 123 Å². The first-order valence-corrected chi connectivity index (χ1v) is 24.6. The van der Waals surface area contributed by atoms with Gasteiger partial charge >= 0.3 is 30.3 Å². The molecule has 1 unspecified atom stereocenters. The molecule has 0 saturated carbocycles. The average Bonchev–Trinajstić information content (AvgIpc) is 4.03. The molecule has 1 aromatic heterocycles. The molecule has 3 aliphatic rings. The zero-order chi connectivity index (χ0) is 52.0. The lowest BCUT2D eigenvalue weighted by Crippen LogP contribution is -2.59. The van der Waals surface area contributed by atoms with E-state index in [0.717, 1.165) is 30.6 Å². The Morgan fingerprint density at radius 1 is 0.806 bits per heavy atom. The maximum atomic E-state index is 14.0. The number of carboxylic acid groups (broad SMARTS) is 2. The Hall–Kier alpha value is -7.42. The number of quaternary nitrogens is 1. The lowest BCUT2D eigenvalue weighted by atomic mass is 10.0. The van der Waals surface area contributed by atoms with E-state index in [1.165, 1.54) is 4.90 Å². The molecule has 4 heterocycles. The van der Waals surface area contributed by atoms with Crippen LogP contribution in [-0.2, 0) is 56.1 Å². The Morgan fingerprint density at radius 2 is 1.54 bits per heavy atom. The number of unbranched alkanes of at least 4 members (excludes halogenated alkanes) is 3. The fourth-order valence-corrected chi connectivity index (χ4v) is 9.46. The maximum absolute atomic E-state index is 14.0. The number of urea groups is 1. The number of carboxylic acids is 2. The Labute approximate surface area is 418 Å². The molecule has 386 valence electrons. The van der Waals surface area contributed by atoms with Crippen LogP contribution in [0, 0.1) is 12.8 Å². The Bertz CT molecular complexity index is 2490. The molecule has 3 aromatic rings.